The Morgan fingerprint density at radius 2 is 2.00 bits per heavy atom. The van der Waals surface area contributed by atoms with Crippen LogP contribution in [0.25, 0.3) is 0 Å². The Labute approximate surface area is 94.7 Å². The third-order valence-corrected chi connectivity index (χ3v) is 1.57. The number of aliphatic carboxylic acids is 1. The quantitative estimate of drug-likeness (QED) is 0.745. The molecule has 0 unspecified atom stereocenters. The van der Waals surface area contributed by atoms with Gasteiger partial charge < -0.3 is 10.8 Å². The molecule has 0 aliphatic heterocycles. The molecule has 3 N–H and O–H groups in total. The molecule has 3 nitrogen and oxygen atoms in total. The molecule has 0 aliphatic carbocycles. The number of rotatable bonds is 2. The summed E-state index contributed by atoms with van der Waals surface area (Å²) in [6, 6.07) is 8.72. The fourth-order valence-corrected chi connectivity index (χ4v) is 0.937. The van der Waals surface area contributed by atoms with Crippen LogP contribution in [0.1, 0.15) is 12.0 Å². The molecule has 0 saturated heterocycles. The van der Waals surface area contributed by atoms with Crippen molar-refractivity contribution >= 4 is 18.4 Å². The van der Waals surface area contributed by atoms with Crippen LogP contribution < -0.4 is 5.73 Å². The van der Waals surface area contributed by atoms with Crippen LogP contribution in [0.5, 0.6) is 0 Å². The fraction of sp³-hybridized carbons (Fsp3) is 0.182. The molecule has 1 rings (SSSR count). The fourth-order valence-electron chi connectivity index (χ4n) is 0.937. The van der Waals surface area contributed by atoms with Crippen LogP contribution in [0.4, 0.5) is 0 Å². The van der Waals surface area contributed by atoms with E-state index in [1.807, 2.05) is 30.3 Å². The molecule has 1 aromatic carbocycles. The predicted molar refractivity (Wildman–Crippen MR) is 60.8 cm³/mol. The highest BCUT2D eigenvalue weighted by Crippen LogP contribution is 1.95. The van der Waals surface area contributed by atoms with Crippen molar-refractivity contribution in [2.24, 2.45) is 5.73 Å². The average Bonchev–Trinajstić information content (AvgIpc) is 2.15. The number of nitrogens with two attached hydrogens (primary N) is 1. The Bertz CT molecular complexity index is 367. The molecule has 1 aromatic rings. The number of carboxylic acid groups (broad SMARTS) is 1. The smallest absolute Gasteiger partial charge is 0.305 e. The lowest BCUT2D eigenvalue weighted by atomic mass is 10.2. The lowest BCUT2D eigenvalue weighted by molar-refractivity contribution is -0.137. The van der Waals surface area contributed by atoms with Gasteiger partial charge in [-0.1, -0.05) is 30.0 Å². The highest BCUT2D eigenvalue weighted by atomic mass is 35.5. The summed E-state index contributed by atoms with van der Waals surface area (Å²) in [7, 11) is 0. The van der Waals surface area contributed by atoms with Crippen LogP contribution in [0.3, 0.4) is 0 Å². The average molecular weight is 226 g/mol. The summed E-state index contributed by atoms with van der Waals surface area (Å²) >= 11 is 0. The van der Waals surface area contributed by atoms with E-state index >= 15 is 0 Å². The van der Waals surface area contributed by atoms with Gasteiger partial charge in [-0.3, -0.25) is 4.79 Å². The van der Waals surface area contributed by atoms with E-state index in [-0.39, 0.29) is 18.8 Å². The van der Waals surface area contributed by atoms with Crippen molar-refractivity contribution in [2.75, 3.05) is 0 Å². The molecular formula is C11H12ClNO2. The third-order valence-electron chi connectivity index (χ3n) is 1.57. The molecule has 80 valence electrons. The summed E-state index contributed by atoms with van der Waals surface area (Å²) in [6.07, 6.45) is -0.125. The molecule has 0 spiro atoms. The molecule has 0 fully saturated rings. The molecule has 0 aromatic heterocycles. The standard InChI is InChI=1S/C11H11NO2.ClH/c12-10(8-11(13)14)7-6-9-4-2-1-3-5-9;/h1-5,10H,8,12H2,(H,13,14);1H/t10-;/m1./s1. The van der Waals surface area contributed by atoms with Crippen LogP contribution >= 0.6 is 12.4 Å². The number of hydrogen-bond donors (Lipinski definition) is 2. The first-order valence-electron chi connectivity index (χ1n) is 4.22. The van der Waals surface area contributed by atoms with Gasteiger partial charge in [0.2, 0.25) is 0 Å². The van der Waals surface area contributed by atoms with Gasteiger partial charge in [-0.05, 0) is 12.1 Å². The number of carbonyl (C=O) groups is 1. The maximum Gasteiger partial charge on any atom is 0.305 e. The molecule has 4 heteroatoms. The molecule has 1 atom stereocenters. The van der Waals surface area contributed by atoms with Crippen molar-refractivity contribution in [1.29, 1.82) is 0 Å². The zero-order chi connectivity index (χ0) is 10.4. The summed E-state index contributed by atoms with van der Waals surface area (Å²) < 4.78 is 0. The Balaban J connectivity index is 0.00000196. The predicted octanol–water partition coefficient (Wildman–Crippen LogP) is 1.26. The van der Waals surface area contributed by atoms with E-state index in [4.69, 9.17) is 10.8 Å². The second kappa shape index (κ2) is 6.88. The minimum atomic E-state index is -0.931. The van der Waals surface area contributed by atoms with Crippen LogP contribution in [0.15, 0.2) is 30.3 Å². The van der Waals surface area contributed by atoms with Crippen molar-refractivity contribution in [3.05, 3.63) is 35.9 Å². The number of halogens is 1. The molecule has 15 heavy (non-hydrogen) atoms. The zero-order valence-electron chi connectivity index (χ0n) is 8.01. The molecule has 0 saturated carbocycles. The Morgan fingerprint density at radius 3 is 2.53 bits per heavy atom. The molecule has 0 aliphatic rings. The van der Waals surface area contributed by atoms with Crippen molar-refractivity contribution in [1.82, 2.24) is 0 Å². The summed E-state index contributed by atoms with van der Waals surface area (Å²) in [5, 5.41) is 8.43. The molecule has 0 amide bonds. The lowest BCUT2D eigenvalue weighted by Crippen LogP contribution is -2.21. The first kappa shape index (κ1) is 13.5. The van der Waals surface area contributed by atoms with Crippen LogP contribution in [-0.2, 0) is 4.79 Å². The Kier molecular flexibility index (Phi) is 6.19. The third kappa shape index (κ3) is 5.74. The van der Waals surface area contributed by atoms with E-state index in [0.29, 0.717) is 0 Å². The molecule has 0 heterocycles. The van der Waals surface area contributed by atoms with E-state index in [2.05, 4.69) is 11.8 Å². The van der Waals surface area contributed by atoms with Gasteiger partial charge in [-0.2, -0.15) is 0 Å². The Hall–Kier alpha value is -1.50. The van der Waals surface area contributed by atoms with Crippen molar-refractivity contribution < 1.29 is 9.90 Å². The first-order chi connectivity index (χ1) is 6.68. The normalized spacial score (nSPS) is 10.5. The summed E-state index contributed by atoms with van der Waals surface area (Å²) in [5.74, 6) is 4.56. The van der Waals surface area contributed by atoms with Gasteiger partial charge in [0, 0.05) is 5.56 Å². The second-order valence-corrected chi connectivity index (χ2v) is 2.84. The summed E-state index contributed by atoms with van der Waals surface area (Å²) in [5.41, 5.74) is 6.31. The minimum absolute atomic E-state index is 0. The highest BCUT2D eigenvalue weighted by molar-refractivity contribution is 5.85. The maximum atomic E-state index is 10.3. The largest absolute Gasteiger partial charge is 0.481 e. The maximum absolute atomic E-state index is 10.3. The van der Waals surface area contributed by atoms with Gasteiger partial charge in [-0.25, -0.2) is 0 Å². The van der Waals surface area contributed by atoms with Crippen LogP contribution in [0, 0.1) is 11.8 Å². The van der Waals surface area contributed by atoms with Crippen molar-refractivity contribution in [3.63, 3.8) is 0 Å². The SMILES string of the molecule is Cl.N[C@H](C#Cc1ccccc1)CC(=O)O. The zero-order valence-corrected chi connectivity index (χ0v) is 8.83. The molecular weight excluding hydrogens is 214 g/mol. The van der Waals surface area contributed by atoms with E-state index in [1.54, 1.807) is 0 Å². The number of hydrogen-bond acceptors (Lipinski definition) is 2. The Morgan fingerprint density at radius 1 is 1.40 bits per heavy atom. The number of carboxylic acids is 1. The number of benzene rings is 1. The van der Waals surface area contributed by atoms with Gasteiger partial charge >= 0.3 is 5.97 Å². The van der Waals surface area contributed by atoms with E-state index in [0.717, 1.165) is 5.56 Å². The summed E-state index contributed by atoms with van der Waals surface area (Å²) in [4.78, 5) is 10.3. The van der Waals surface area contributed by atoms with Gasteiger partial charge in [0.05, 0.1) is 12.5 Å². The lowest BCUT2D eigenvalue weighted by Gasteiger charge is -1.97. The minimum Gasteiger partial charge on any atom is -0.481 e. The van der Waals surface area contributed by atoms with Crippen LogP contribution in [-0.4, -0.2) is 17.1 Å². The van der Waals surface area contributed by atoms with Gasteiger partial charge in [-0.15, -0.1) is 12.4 Å². The van der Waals surface area contributed by atoms with Gasteiger partial charge in [0.1, 0.15) is 0 Å². The van der Waals surface area contributed by atoms with E-state index in [9.17, 15) is 4.79 Å². The van der Waals surface area contributed by atoms with Crippen molar-refractivity contribution in [3.8, 4) is 11.8 Å². The van der Waals surface area contributed by atoms with Gasteiger partial charge in [0.15, 0.2) is 0 Å². The topological polar surface area (TPSA) is 63.3 Å². The second-order valence-electron chi connectivity index (χ2n) is 2.84. The van der Waals surface area contributed by atoms with E-state index in [1.165, 1.54) is 0 Å². The highest BCUT2D eigenvalue weighted by Gasteiger charge is 2.02. The molecule has 0 bridgehead atoms. The molecule has 0 radical (unpaired) electrons. The first-order valence-corrected chi connectivity index (χ1v) is 4.22. The van der Waals surface area contributed by atoms with Crippen molar-refractivity contribution in [2.45, 2.75) is 12.5 Å². The van der Waals surface area contributed by atoms with E-state index < -0.39 is 12.0 Å². The van der Waals surface area contributed by atoms with Crippen LogP contribution in [0.2, 0.25) is 0 Å². The monoisotopic (exact) mass is 225 g/mol. The van der Waals surface area contributed by atoms with Gasteiger partial charge in [0.25, 0.3) is 0 Å². The summed E-state index contributed by atoms with van der Waals surface area (Å²) in [6.45, 7) is 0.